The van der Waals surface area contributed by atoms with Crippen LogP contribution >= 0.6 is 11.6 Å². The van der Waals surface area contributed by atoms with Crippen LogP contribution in [0, 0.1) is 11.8 Å². The molecule has 0 aliphatic rings. The van der Waals surface area contributed by atoms with Crippen LogP contribution in [0.5, 0.6) is 5.75 Å². The van der Waals surface area contributed by atoms with Crippen LogP contribution in [0.4, 0.5) is 13.2 Å². The second kappa shape index (κ2) is 6.54. The van der Waals surface area contributed by atoms with E-state index in [0.29, 0.717) is 11.6 Å². The van der Waals surface area contributed by atoms with E-state index in [9.17, 15) is 18.0 Å². The van der Waals surface area contributed by atoms with Crippen LogP contribution in [0.25, 0.3) is 0 Å². The SMILES string of the molecule is O=C(C#Cc1ccccc1)Oc1ccc(C(F)(F)F)cc1Cl. The first kappa shape index (κ1) is 15.9. The van der Waals surface area contributed by atoms with Gasteiger partial charge in [-0.1, -0.05) is 35.7 Å². The topological polar surface area (TPSA) is 26.3 Å². The molecule has 112 valence electrons. The molecule has 0 amide bonds. The zero-order chi connectivity index (χ0) is 16.2. The molecular weight excluding hydrogens is 317 g/mol. The molecule has 0 aliphatic carbocycles. The maximum Gasteiger partial charge on any atom is 0.416 e. The van der Waals surface area contributed by atoms with Crippen molar-refractivity contribution in [3.8, 4) is 17.6 Å². The molecule has 0 saturated carbocycles. The number of benzene rings is 2. The summed E-state index contributed by atoms with van der Waals surface area (Å²) in [6.07, 6.45) is -4.51. The number of halogens is 4. The molecule has 6 heteroatoms. The number of alkyl halides is 3. The van der Waals surface area contributed by atoms with Gasteiger partial charge in [-0.15, -0.1) is 0 Å². The molecule has 2 aromatic carbocycles. The van der Waals surface area contributed by atoms with Gasteiger partial charge in [-0.05, 0) is 30.3 Å². The Bertz CT molecular complexity index is 743. The van der Waals surface area contributed by atoms with Gasteiger partial charge in [-0.3, -0.25) is 0 Å². The minimum Gasteiger partial charge on any atom is -0.415 e. The van der Waals surface area contributed by atoms with Gasteiger partial charge in [-0.25, -0.2) is 4.79 Å². The molecule has 2 rings (SSSR count). The van der Waals surface area contributed by atoms with Crippen molar-refractivity contribution < 1.29 is 22.7 Å². The van der Waals surface area contributed by atoms with Gasteiger partial charge in [0.1, 0.15) is 0 Å². The monoisotopic (exact) mass is 324 g/mol. The van der Waals surface area contributed by atoms with Crippen molar-refractivity contribution in [3.05, 3.63) is 64.7 Å². The van der Waals surface area contributed by atoms with Gasteiger partial charge in [-0.2, -0.15) is 13.2 Å². The summed E-state index contributed by atoms with van der Waals surface area (Å²) >= 11 is 5.67. The average molecular weight is 325 g/mol. The highest BCUT2D eigenvalue weighted by molar-refractivity contribution is 6.32. The number of hydrogen-bond acceptors (Lipinski definition) is 2. The number of esters is 1. The average Bonchev–Trinajstić information content (AvgIpc) is 2.47. The van der Waals surface area contributed by atoms with Crippen LogP contribution in [0.1, 0.15) is 11.1 Å². The highest BCUT2D eigenvalue weighted by Crippen LogP contribution is 2.34. The molecule has 0 atom stereocenters. The van der Waals surface area contributed by atoms with E-state index in [1.165, 1.54) is 0 Å². The Kier molecular flexibility index (Phi) is 4.74. The molecule has 0 aliphatic heterocycles. The highest BCUT2D eigenvalue weighted by atomic mass is 35.5. The number of ether oxygens (including phenoxy) is 1. The maximum atomic E-state index is 12.5. The first-order valence-corrected chi connectivity index (χ1v) is 6.39. The maximum absolute atomic E-state index is 12.5. The molecule has 0 saturated heterocycles. The first-order valence-electron chi connectivity index (χ1n) is 6.02. The molecule has 2 aromatic rings. The minimum atomic E-state index is -4.51. The van der Waals surface area contributed by atoms with Crippen LogP contribution in [0.3, 0.4) is 0 Å². The third-order valence-electron chi connectivity index (χ3n) is 2.54. The van der Waals surface area contributed by atoms with Gasteiger partial charge < -0.3 is 4.74 Å². The van der Waals surface area contributed by atoms with Crippen LogP contribution in [-0.4, -0.2) is 5.97 Å². The van der Waals surface area contributed by atoms with Gasteiger partial charge in [0, 0.05) is 11.5 Å². The fourth-order valence-electron chi connectivity index (χ4n) is 1.53. The molecule has 0 bridgehead atoms. The van der Waals surface area contributed by atoms with Crippen LogP contribution in [-0.2, 0) is 11.0 Å². The Morgan fingerprint density at radius 3 is 2.36 bits per heavy atom. The van der Waals surface area contributed by atoms with Crippen molar-refractivity contribution in [2.24, 2.45) is 0 Å². The molecule has 22 heavy (non-hydrogen) atoms. The highest BCUT2D eigenvalue weighted by Gasteiger charge is 2.31. The van der Waals surface area contributed by atoms with E-state index in [1.807, 2.05) is 0 Å². The van der Waals surface area contributed by atoms with E-state index in [1.54, 1.807) is 30.3 Å². The fraction of sp³-hybridized carbons (Fsp3) is 0.0625. The molecular formula is C16H8ClF3O2. The summed E-state index contributed by atoms with van der Waals surface area (Å²) in [7, 11) is 0. The quantitative estimate of drug-likeness (QED) is 0.444. The smallest absolute Gasteiger partial charge is 0.415 e. The van der Waals surface area contributed by atoms with E-state index in [0.717, 1.165) is 12.1 Å². The second-order valence-corrected chi connectivity index (χ2v) is 4.56. The van der Waals surface area contributed by atoms with Gasteiger partial charge >= 0.3 is 12.1 Å². The predicted octanol–water partition coefficient (Wildman–Crippen LogP) is 4.32. The summed E-state index contributed by atoms with van der Waals surface area (Å²) in [5.74, 6) is 3.71. The van der Waals surface area contributed by atoms with Gasteiger partial charge in [0.2, 0.25) is 0 Å². The molecule has 0 heterocycles. The lowest BCUT2D eigenvalue weighted by atomic mass is 10.2. The van der Waals surface area contributed by atoms with Crippen molar-refractivity contribution in [1.82, 2.24) is 0 Å². The molecule has 0 spiro atoms. The van der Waals surface area contributed by atoms with Crippen molar-refractivity contribution in [2.75, 3.05) is 0 Å². The second-order valence-electron chi connectivity index (χ2n) is 4.15. The summed E-state index contributed by atoms with van der Waals surface area (Å²) in [5.41, 5.74) is -0.314. The number of carbonyl (C=O) groups is 1. The fourth-order valence-corrected chi connectivity index (χ4v) is 1.75. The molecule has 0 unspecified atom stereocenters. The van der Waals surface area contributed by atoms with Gasteiger partial charge in [0.25, 0.3) is 0 Å². The minimum absolute atomic E-state index is 0.179. The predicted molar refractivity (Wildman–Crippen MR) is 75.4 cm³/mol. The zero-order valence-corrected chi connectivity index (χ0v) is 11.7. The number of carbonyl (C=O) groups excluding carboxylic acids is 1. The lowest BCUT2D eigenvalue weighted by Crippen LogP contribution is -2.07. The lowest BCUT2D eigenvalue weighted by molar-refractivity contribution is -0.137. The van der Waals surface area contributed by atoms with Crippen LogP contribution in [0.2, 0.25) is 5.02 Å². The molecule has 2 nitrogen and oxygen atoms in total. The Balaban J connectivity index is 2.11. The normalized spacial score (nSPS) is 10.5. The van der Waals surface area contributed by atoms with Crippen molar-refractivity contribution in [1.29, 1.82) is 0 Å². The Morgan fingerprint density at radius 1 is 1.09 bits per heavy atom. The Hall–Kier alpha value is -2.45. The first-order chi connectivity index (χ1) is 10.4. The van der Waals surface area contributed by atoms with E-state index in [2.05, 4.69) is 11.8 Å². The molecule has 0 fully saturated rings. The third kappa shape index (κ3) is 4.27. The summed E-state index contributed by atoms with van der Waals surface area (Å²) in [4.78, 5) is 11.5. The van der Waals surface area contributed by atoms with E-state index < -0.39 is 17.7 Å². The molecule has 0 aromatic heterocycles. The van der Waals surface area contributed by atoms with Gasteiger partial charge in [0.05, 0.1) is 10.6 Å². The number of rotatable bonds is 1. The summed E-state index contributed by atoms with van der Waals surface area (Å²) in [5, 5.41) is -0.315. The zero-order valence-electron chi connectivity index (χ0n) is 10.9. The number of hydrogen-bond donors (Lipinski definition) is 0. The largest absolute Gasteiger partial charge is 0.416 e. The van der Waals surface area contributed by atoms with Crippen LogP contribution < -0.4 is 4.74 Å². The van der Waals surface area contributed by atoms with Crippen LogP contribution in [0.15, 0.2) is 48.5 Å². The van der Waals surface area contributed by atoms with E-state index >= 15 is 0 Å². The van der Waals surface area contributed by atoms with E-state index in [4.69, 9.17) is 16.3 Å². The standard InChI is InChI=1S/C16H8ClF3O2/c17-13-10-12(16(18,19)20)7-8-14(13)22-15(21)9-6-11-4-2-1-3-5-11/h1-5,7-8,10H. The summed E-state index contributed by atoms with van der Waals surface area (Å²) in [6, 6.07) is 11.1. The Morgan fingerprint density at radius 2 is 1.77 bits per heavy atom. The summed E-state index contributed by atoms with van der Waals surface area (Å²) < 4.78 is 42.3. The molecule has 0 N–H and O–H groups in total. The Labute approximate surface area is 129 Å². The van der Waals surface area contributed by atoms with Crippen molar-refractivity contribution >= 4 is 17.6 Å². The molecule has 0 radical (unpaired) electrons. The third-order valence-corrected chi connectivity index (χ3v) is 2.84. The van der Waals surface area contributed by atoms with Crippen molar-refractivity contribution in [2.45, 2.75) is 6.18 Å². The van der Waals surface area contributed by atoms with E-state index in [-0.39, 0.29) is 10.8 Å². The van der Waals surface area contributed by atoms with Crippen molar-refractivity contribution in [3.63, 3.8) is 0 Å². The summed E-state index contributed by atoms with van der Waals surface area (Å²) in [6.45, 7) is 0. The lowest BCUT2D eigenvalue weighted by Gasteiger charge is -2.08. The van der Waals surface area contributed by atoms with Gasteiger partial charge in [0.15, 0.2) is 5.75 Å².